The fourth-order valence-corrected chi connectivity index (χ4v) is 5.26. The second-order valence-corrected chi connectivity index (χ2v) is 9.16. The molecule has 33 heavy (non-hydrogen) atoms. The van der Waals surface area contributed by atoms with E-state index in [1.54, 1.807) is 26.2 Å². The topological polar surface area (TPSA) is 48.7 Å². The Bertz CT molecular complexity index is 850. The number of nitrogens with one attached hydrogen (secondary N) is 1. The Hall–Kier alpha value is -1.66. The molecule has 0 bridgehead atoms. The molecule has 2 aromatic carbocycles. The van der Waals surface area contributed by atoms with Gasteiger partial charge in [-0.3, -0.25) is 0 Å². The van der Waals surface area contributed by atoms with Crippen LogP contribution >= 0.6 is 0 Å². The van der Waals surface area contributed by atoms with E-state index in [0.29, 0.717) is 12.0 Å². The number of hydrogen-bond acceptors (Lipinski definition) is 3. The minimum Gasteiger partial charge on any atom is -1.00 e. The quantitative estimate of drug-likeness (QED) is 0.347. The Morgan fingerprint density at radius 2 is 1.61 bits per heavy atom. The van der Waals surface area contributed by atoms with Crippen LogP contribution in [0.3, 0.4) is 0 Å². The van der Waals surface area contributed by atoms with Crippen LogP contribution in [0.15, 0.2) is 42.5 Å². The molecule has 1 aliphatic rings. The van der Waals surface area contributed by atoms with Gasteiger partial charge in [0.2, 0.25) is 0 Å². The molecule has 5 nitrogen and oxygen atoms in total. The molecule has 0 saturated carbocycles. The summed E-state index contributed by atoms with van der Waals surface area (Å²) in [6, 6.07) is 15.7. The van der Waals surface area contributed by atoms with Gasteiger partial charge < -0.3 is 49.2 Å². The second kappa shape index (κ2) is 13.3. The number of hydrogen-bond donors (Lipinski definition) is 2. The number of rotatable bonds is 9. The predicted molar refractivity (Wildman–Crippen MR) is 124 cm³/mol. The van der Waals surface area contributed by atoms with Crippen molar-refractivity contribution in [2.75, 3.05) is 41.5 Å². The van der Waals surface area contributed by atoms with Gasteiger partial charge in [-0.25, -0.2) is 0 Å². The predicted octanol–water partition coefficient (Wildman–Crippen LogP) is -3.95. The van der Waals surface area contributed by atoms with Gasteiger partial charge in [-0.15, -0.1) is 0 Å². The van der Waals surface area contributed by atoms with Gasteiger partial charge in [0.15, 0.2) is 11.5 Å². The number of benzene rings is 2. The van der Waals surface area contributed by atoms with Gasteiger partial charge in [-0.2, -0.15) is 0 Å². The second-order valence-electron chi connectivity index (χ2n) is 9.16. The monoisotopic (exact) mass is 498 g/mol. The number of halogens is 2. The molecular weight excluding hydrogens is 459 g/mol. The summed E-state index contributed by atoms with van der Waals surface area (Å²) in [4.78, 5) is 1.64. The minimum absolute atomic E-state index is 0. The molecule has 3 N–H and O–H groups in total. The number of quaternary nitrogens is 2. The molecule has 0 spiro atoms. The fourth-order valence-electron chi connectivity index (χ4n) is 5.26. The van der Waals surface area contributed by atoms with Crippen LogP contribution in [-0.2, 0) is 12.0 Å². The van der Waals surface area contributed by atoms with Crippen molar-refractivity contribution in [2.45, 2.75) is 44.7 Å². The largest absolute Gasteiger partial charge is 1.00 e. The number of ether oxygens (including phenoxy) is 3. The van der Waals surface area contributed by atoms with E-state index < -0.39 is 0 Å². The zero-order valence-corrected chi connectivity index (χ0v) is 22.3. The van der Waals surface area contributed by atoms with E-state index in [-0.39, 0.29) is 30.2 Å². The van der Waals surface area contributed by atoms with Crippen molar-refractivity contribution < 1.29 is 49.2 Å². The SMILES string of the molecule is COc1ccc(C2(CC[NH2+]Cc3ccc(OC)c(OC)c3)CC(C)[NH+](C)CC2C)cc1.[Cl-].[Cl-]. The van der Waals surface area contributed by atoms with Gasteiger partial charge in [0.25, 0.3) is 0 Å². The standard InChI is InChI=1S/C26H38N2O3.2ClH/c1-19-18-28(3)20(2)16-26(19,22-8-10-23(29-4)11-9-22)13-14-27-17-21-7-12-24(30-5)25(15-21)31-6;;/h7-12,15,19-20,27H,13-14,16-18H2,1-6H3;2*1H. The highest BCUT2D eigenvalue weighted by atomic mass is 35.5. The lowest BCUT2D eigenvalue weighted by Crippen LogP contribution is -3.15. The zero-order valence-electron chi connectivity index (χ0n) is 20.8. The van der Waals surface area contributed by atoms with E-state index >= 15 is 0 Å². The first kappa shape index (κ1) is 29.4. The molecule has 7 heteroatoms. The molecule has 3 rings (SSSR count). The van der Waals surface area contributed by atoms with Gasteiger partial charge in [0.05, 0.1) is 47.5 Å². The van der Waals surface area contributed by atoms with E-state index in [2.05, 4.69) is 62.6 Å². The summed E-state index contributed by atoms with van der Waals surface area (Å²) >= 11 is 0. The number of likely N-dealkylation sites (tertiary alicyclic amines) is 1. The normalized spacial score (nSPS) is 24.2. The van der Waals surface area contributed by atoms with Gasteiger partial charge in [0, 0.05) is 29.7 Å². The van der Waals surface area contributed by atoms with E-state index in [0.717, 1.165) is 30.3 Å². The molecule has 0 amide bonds. The van der Waals surface area contributed by atoms with Gasteiger partial charge >= 0.3 is 0 Å². The minimum atomic E-state index is 0. The lowest BCUT2D eigenvalue weighted by Gasteiger charge is -2.47. The van der Waals surface area contributed by atoms with E-state index in [1.165, 1.54) is 30.5 Å². The third-order valence-electron chi connectivity index (χ3n) is 7.37. The molecule has 1 fully saturated rings. The summed E-state index contributed by atoms with van der Waals surface area (Å²) in [6.45, 7) is 8.08. The van der Waals surface area contributed by atoms with Crippen molar-refractivity contribution in [1.82, 2.24) is 0 Å². The zero-order chi connectivity index (χ0) is 22.4. The van der Waals surface area contributed by atoms with E-state index in [1.807, 2.05) is 6.07 Å². The van der Waals surface area contributed by atoms with Crippen molar-refractivity contribution in [1.29, 1.82) is 0 Å². The van der Waals surface area contributed by atoms with Crippen LogP contribution in [0.4, 0.5) is 0 Å². The van der Waals surface area contributed by atoms with Crippen molar-refractivity contribution >= 4 is 0 Å². The van der Waals surface area contributed by atoms with Crippen LogP contribution in [0, 0.1) is 5.92 Å². The summed E-state index contributed by atoms with van der Waals surface area (Å²) in [5, 5.41) is 2.43. The summed E-state index contributed by atoms with van der Waals surface area (Å²) in [6.07, 6.45) is 2.39. The number of methoxy groups -OCH3 is 3. The smallest absolute Gasteiger partial charge is 0.161 e. The molecular formula is C26H40Cl2N2O3. The van der Waals surface area contributed by atoms with Crippen LogP contribution < -0.4 is 49.2 Å². The van der Waals surface area contributed by atoms with Crippen molar-refractivity contribution in [3.05, 3.63) is 53.6 Å². The number of nitrogens with two attached hydrogens (primary N) is 1. The summed E-state index contributed by atoms with van der Waals surface area (Å²) in [5.41, 5.74) is 2.92. The molecule has 2 aromatic rings. The third-order valence-corrected chi connectivity index (χ3v) is 7.37. The first-order valence-corrected chi connectivity index (χ1v) is 11.4. The van der Waals surface area contributed by atoms with Crippen LogP contribution in [0.1, 0.15) is 37.8 Å². The Balaban J connectivity index is 0.00000272. The molecule has 1 aliphatic heterocycles. The summed E-state index contributed by atoms with van der Waals surface area (Å²) < 4.78 is 16.2. The molecule has 0 aromatic heterocycles. The molecule has 186 valence electrons. The summed E-state index contributed by atoms with van der Waals surface area (Å²) in [5.74, 6) is 3.13. The lowest BCUT2D eigenvalue weighted by molar-refractivity contribution is -0.915. The highest BCUT2D eigenvalue weighted by Crippen LogP contribution is 2.41. The average molecular weight is 500 g/mol. The van der Waals surface area contributed by atoms with Crippen molar-refractivity contribution in [3.63, 3.8) is 0 Å². The first-order valence-electron chi connectivity index (χ1n) is 11.4. The maximum Gasteiger partial charge on any atom is 0.161 e. The molecule has 1 saturated heterocycles. The molecule has 4 atom stereocenters. The van der Waals surface area contributed by atoms with Crippen molar-refractivity contribution in [2.24, 2.45) is 5.92 Å². The number of piperidine rings is 1. The highest BCUT2D eigenvalue weighted by Gasteiger charge is 2.46. The van der Waals surface area contributed by atoms with Crippen LogP contribution in [0.2, 0.25) is 0 Å². The lowest BCUT2D eigenvalue weighted by atomic mass is 9.63. The van der Waals surface area contributed by atoms with Crippen molar-refractivity contribution in [3.8, 4) is 17.2 Å². The Morgan fingerprint density at radius 3 is 2.21 bits per heavy atom. The van der Waals surface area contributed by atoms with E-state index in [4.69, 9.17) is 14.2 Å². The molecule has 4 unspecified atom stereocenters. The first-order chi connectivity index (χ1) is 14.9. The maximum atomic E-state index is 5.46. The van der Waals surface area contributed by atoms with Crippen LogP contribution in [0.25, 0.3) is 0 Å². The third kappa shape index (κ3) is 6.69. The van der Waals surface area contributed by atoms with Crippen LogP contribution in [0.5, 0.6) is 17.2 Å². The maximum absolute atomic E-state index is 5.46. The van der Waals surface area contributed by atoms with Gasteiger partial charge in [-0.1, -0.05) is 19.1 Å². The Labute approximate surface area is 212 Å². The Kier molecular flexibility index (Phi) is 11.8. The molecule has 0 radical (unpaired) electrons. The fraction of sp³-hybridized carbons (Fsp3) is 0.538. The Morgan fingerprint density at radius 1 is 0.939 bits per heavy atom. The average Bonchev–Trinajstić information content (AvgIpc) is 2.79. The summed E-state index contributed by atoms with van der Waals surface area (Å²) in [7, 11) is 7.43. The van der Waals surface area contributed by atoms with Gasteiger partial charge in [-0.05, 0) is 42.8 Å². The molecule has 1 heterocycles. The highest BCUT2D eigenvalue weighted by molar-refractivity contribution is 5.42. The molecule has 0 aliphatic carbocycles. The van der Waals surface area contributed by atoms with E-state index in [9.17, 15) is 0 Å². The van der Waals surface area contributed by atoms with Crippen LogP contribution in [-0.4, -0.2) is 47.5 Å². The van der Waals surface area contributed by atoms with Gasteiger partial charge in [0.1, 0.15) is 12.3 Å².